The average Bonchev–Trinajstić information content (AvgIpc) is 2.39. The molecule has 0 aliphatic heterocycles. The Morgan fingerprint density at radius 1 is 1.33 bits per heavy atom. The van der Waals surface area contributed by atoms with Crippen LogP contribution in [0.2, 0.25) is 0 Å². The Morgan fingerprint density at radius 2 is 2.11 bits per heavy atom. The molecule has 2 unspecified atom stereocenters. The summed E-state index contributed by atoms with van der Waals surface area (Å²) in [6, 6.07) is 8.43. The topological polar surface area (TPSA) is 21.3 Å². The van der Waals surface area contributed by atoms with Crippen LogP contribution in [0.1, 0.15) is 32.3 Å². The molecule has 0 bridgehead atoms. The molecule has 0 fully saturated rings. The van der Waals surface area contributed by atoms with Crippen LogP contribution in [0.5, 0.6) is 5.75 Å². The molecule has 2 atom stereocenters. The molecule has 0 aromatic heterocycles. The molecule has 0 spiro atoms. The maximum atomic E-state index is 5.28. The SMILES string of the molecule is CCC(C)CC(CNC)Cc1cccc(OC)c1. The predicted octanol–water partition coefficient (Wildman–Crippen LogP) is 3.51. The number of methoxy groups -OCH3 is 1. The molecule has 0 radical (unpaired) electrons. The molecule has 0 saturated carbocycles. The Hall–Kier alpha value is -1.02. The van der Waals surface area contributed by atoms with Crippen molar-refractivity contribution in [1.29, 1.82) is 0 Å². The predicted molar refractivity (Wildman–Crippen MR) is 78.2 cm³/mol. The minimum absolute atomic E-state index is 0.706. The van der Waals surface area contributed by atoms with E-state index in [-0.39, 0.29) is 0 Å². The van der Waals surface area contributed by atoms with Crippen LogP contribution >= 0.6 is 0 Å². The number of hydrogen-bond acceptors (Lipinski definition) is 2. The molecule has 1 rings (SSSR count). The van der Waals surface area contributed by atoms with Gasteiger partial charge in [-0.1, -0.05) is 32.4 Å². The number of rotatable bonds is 8. The summed E-state index contributed by atoms with van der Waals surface area (Å²) in [4.78, 5) is 0. The molecule has 2 nitrogen and oxygen atoms in total. The van der Waals surface area contributed by atoms with E-state index in [2.05, 4.69) is 37.4 Å². The molecule has 0 aliphatic rings. The summed E-state index contributed by atoms with van der Waals surface area (Å²) in [5, 5.41) is 3.31. The first kappa shape index (κ1) is 15.0. The van der Waals surface area contributed by atoms with Gasteiger partial charge in [-0.25, -0.2) is 0 Å². The van der Waals surface area contributed by atoms with Crippen molar-refractivity contribution >= 4 is 0 Å². The third kappa shape index (κ3) is 5.09. The first-order valence-corrected chi connectivity index (χ1v) is 6.97. The first-order valence-electron chi connectivity index (χ1n) is 6.97. The Labute approximate surface area is 112 Å². The highest BCUT2D eigenvalue weighted by molar-refractivity contribution is 5.28. The van der Waals surface area contributed by atoms with Crippen molar-refractivity contribution in [2.24, 2.45) is 11.8 Å². The number of benzene rings is 1. The smallest absolute Gasteiger partial charge is 0.119 e. The van der Waals surface area contributed by atoms with Crippen LogP contribution in [0.25, 0.3) is 0 Å². The van der Waals surface area contributed by atoms with Crippen LogP contribution in [0.4, 0.5) is 0 Å². The van der Waals surface area contributed by atoms with Crippen LogP contribution in [0.3, 0.4) is 0 Å². The summed E-state index contributed by atoms with van der Waals surface area (Å²) in [5.41, 5.74) is 1.37. The van der Waals surface area contributed by atoms with E-state index in [1.807, 2.05) is 13.1 Å². The van der Waals surface area contributed by atoms with Crippen molar-refractivity contribution in [3.63, 3.8) is 0 Å². The summed E-state index contributed by atoms with van der Waals surface area (Å²) in [6.45, 7) is 5.70. The van der Waals surface area contributed by atoms with Gasteiger partial charge in [-0.2, -0.15) is 0 Å². The van der Waals surface area contributed by atoms with Crippen LogP contribution in [0.15, 0.2) is 24.3 Å². The minimum atomic E-state index is 0.706. The van der Waals surface area contributed by atoms with Gasteiger partial charge in [0.1, 0.15) is 5.75 Å². The fourth-order valence-electron chi connectivity index (χ4n) is 2.40. The molecule has 1 aromatic carbocycles. The van der Waals surface area contributed by atoms with Crippen molar-refractivity contribution in [1.82, 2.24) is 5.32 Å². The van der Waals surface area contributed by atoms with Crippen LogP contribution in [-0.4, -0.2) is 20.7 Å². The maximum Gasteiger partial charge on any atom is 0.119 e. The average molecular weight is 249 g/mol. The molecule has 18 heavy (non-hydrogen) atoms. The van der Waals surface area contributed by atoms with Crippen molar-refractivity contribution in [3.05, 3.63) is 29.8 Å². The van der Waals surface area contributed by atoms with Gasteiger partial charge in [0.25, 0.3) is 0 Å². The Kier molecular flexibility index (Phi) is 6.81. The molecule has 0 aliphatic carbocycles. The van der Waals surface area contributed by atoms with Crippen molar-refractivity contribution in [2.45, 2.75) is 33.1 Å². The third-order valence-corrected chi connectivity index (χ3v) is 3.58. The van der Waals surface area contributed by atoms with E-state index in [9.17, 15) is 0 Å². The lowest BCUT2D eigenvalue weighted by Gasteiger charge is -2.20. The van der Waals surface area contributed by atoms with Crippen LogP contribution in [0, 0.1) is 11.8 Å². The summed E-state index contributed by atoms with van der Waals surface area (Å²) < 4.78 is 5.28. The third-order valence-electron chi connectivity index (χ3n) is 3.58. The number of hydrogen-bond donors (Lipinski definition) is 1. The molecule has 102 valence electrons. The fourth-order valence-corrected chi connectivity index (χ4v) is 2.40. The lowest BCUT2D eigenvalue weighted by molar-refractivity contribution is 0.370. The second-order valence-corrected chi connectivity index (χ2v) is 5.23. The molecule has 0 saturated heterocycles. The Balaban J connectivity index is 2.63. The second-order valence-electron chi connectivity index (χ2n) is 5.23. The van der Waals surface area contributed by atoms with E-state index in [1.165, 1.54) is 18.4 Å². The summed E-state index contributed by atoms with van der Waals surface area (Å²) >= 11 is 0. The van der Waals surface area contributed by atoms with Gasteiger partial charge in [0.05, 0.1) is 7.11 Å². The molecular weight excluding hydrogens is 222 g/mol. The van der Waals surface area contributed by atoms with Gasteiger partial charge in [-0.3, -0.25) is 0 Å². The van der Waals surface area contributed by atoms with Gasteiger partial charge in [-0.05, 0) is 56.0 Å². The van der Waals surface area contributed by atoms with Crippen LogP contribution < -0.4 is 10.1 Å². The second kappa shape index (κ2) is 8.15. The lowest BCUT2D eigenvalue weighted by Crippen LogP contribution is -2.22. The zero-order valence-electron chi connectivity index (χ0n) is 12.2. The van der Waals surface area contributed by atoms with Gasteiger partial charge in [0.2, 0.25) is 0 Å². The summed E-state index contributed by atoms with van der Waals surface area (Å²) in [5.74, 6) is 2.46. The molecule has 1 aromatic rings. The number of ether oxygens (including phenoxy) is 1. The zero-order chi connectivity index (χ0) is 13.4. The van der Waals surface area contributed by atoms with E-state index in [4.69, 9.17) is 4.74 Å². The van der Waals surface area contributed by atoms with Crippen molar-refractivity contribution in [2.75, 3.05) is 20.7 Å². The Bertz CT molecular complexity index is 338. The highest BCUT2D eigenvalue weighted by Crippen LogP contribution is 2.21. The zero-order valence-corrected chi connectivity index (χ0v) is 12.2. The molecule has 2 heteroatoms. The fraction of sp³-hybridized carbons (Fsp3) is 0.625. The van der Waals surface area contributed by atoms with Gasteiger partial charge in [-0.15, -0.1) is 0 Å². The van der Waals surface area contributed by atoms with E-state index in [0.29, 0.717) is 5.92 Å². The standard InChI is InChI=1S/C16H27NO/c1-5-13(2)9-15(12-17-3)10-14-7-6-8-16(11-14)18-4/h6-8,11,13,15,17H,5,9-10,12H2,1-4H3. The van der Waals surface area contributed by atoms with Crippen LogP contribution in [-0.2, 0) is 6.42 Å². The maximum absolute atomic E-state index is 5.28. The summed E-state index contributed by atoms with van der Waals surface area (Å²) in [6.07, 6.45) is 3.68. The first-order chi connectivity index (χ1) is 8.69. The summed E-state index contributed by atoms with van der Waals surface area (Å²) in [7, 11) is 3.76. The van der Waals surface area contributed by atoms with Crippen molar-refractivity contribution < 1.29 is 4.74 Å². The molecule has 0 amide bonds. The minimum Gasteiger partial charge on any atom is -0.497 e. The normalized spacial score (nSPS) is 14.2. The molecule has 1 N–H and O–H groups in total. The van der Waals surface area contributed by atoms with Gasteiger partial charge >= 0.3 is 0 Å². The highest BCUT2D eigenvalue weighted by atomic mass is 16.5. The monoisotopic (exact) mass is 249 g/mol. The Morgan fingerprint density at radius 3 is 2.72 bits per heavy atom. The molecule has 0 heterocycles. The van der Waals surface area contributed by atoms with E-state index >= 15 is 0 Å². The van der Waals surface area contributed by atoms with Gasteiger partial charge < -0.3 is 10.1 Å². The lowest BCUT2D eigenvalue weighted by atomic mass is 9.89. The highest BCUT2D eigenvalue weighted by Gasteiger charge is 2.12. The van der Waals surface area contributed by atoms with E-state index in [1.54, 1.807) is 7.11 Å². The van der Waals surface area contributed by atoms with Crippen molar-refractivity contribution in [3.8, 4) is 5.75 Å². The molecular formula is C16H27NO. The number of nitrogens with one attached hydrogen (secondary N) is 1. The quantitative estimate of drug-likeness (QED) is 0.761. The van der Waals surface area contributed by atoms with E-state index < -0.39 is 0 Å². The largest absolute Gasteiger partial charge is 0.497 e. The van der Waals surface area contributed by atoms with Gasteiger partial charge in [0.15, 0.2) is 0 Å². The van der Waals surface area contributed by atoms with E-state index in [0.717, 1.165) is 24.6 Å². The van der Waals surface area contributed by atoms with Gasteiger partial charge in [0, 0.05) is 0 Å².